The lowest BCUT2D eigenvalue weighted by Gasteiger charge is -2.22. The van der Waals surface area contributed by atoms with Crippen LogP contribution in [0.1, 0.15) is 110 Å². The number of unbranched alkanes of at least 4 members (excludes halogenated alkanes) is 12. The summed E-state index contributed by atoms with van der Waals surface area (Å²) < 4.78 is 0. The van der Waals surface area contributed by atoms with E-state index in [1.165, 1.54) is 116 Å². The Balaban J connectivity index is 3.70. The van der Waals surface area contributed by atoms with Crippen molar-refractivity contribution in [1.29, 1.82) is 0 Å². The van der Waals surface area contributed by atoms with E-state index in [0.717, 1.165) is 5.88 Å². The van der Waals surface area contributed by atoms with Crippen LogP contribution in [-0.2, 0) is 0 Å². The van der Waals surface area contributed by atoms with Crippen LogP contribution in [0.2, 0.25) is 0 Å². The molecule has 1 nitrogen and oxygen atoms in total. The van der Waals surface area contributed by atoms with Crippen LogP contribution in [0.15, 0.2) is 0 Å². The van der Waals surface area contributed by atoms with Crippen molar-refractivity contribution in [3.63, 3.8) is 0 Å². The Kier molecular flexibility index (Phi) is 20.5. The largest absolute Gasteiger partial charge is 0.303 e. The molecule has 0 atom stereocenters. The Morgan fingerprint density at radius 3 is 1.22 bits per heavy atom. The molecule has 0 rings (SSSR count). The maximum absolute atomic E-state index is 5.79. The summed E-state index contributed by atoms with van der Waals surface area (Å²) in [6.45, 7) is 8.52. The molecule has 0 heterocycles. The minimum Gasteiger partial charge on any atom is -0.303 e. The topological polar surface area (TPSA) is 3.24 Å². The summed E-state index contributed by atoms with van der Waals surface area (Å²) in [6, 6.07) is 0. The highest BCUT2D eigenvalue weighted by molar-refractivity contribution is 6.17. The van der Waals surface area contributed by atoms with Crippen molar-refractivity contribution in [2.45, 2.75) is 110 Å². The van der Waals surface area contributed by atoms with Crippen LogP contribution < -0.4 is 0 Å². The van der Waals surface area contributed by atoms with E-state index in [9.17, 15) is 0 Å². The first-order valence-electron chi connectivity index (χ1n) is 10.6. The van der Waals surface area contributed by atoms with E-state index in [1.54, 1.807) is 0 Å². The number of nitrogens with zero attached hydrogens (tertiary/aromatic N) is 1. The molecule has 0 aromatic carbocycles. The molecule has 140 valence electrons. The lowest BCUT2D eigenvalue weighted by Crippen LogP contribution is -2.27. The fourth-order valence-corrected chi connectivity index (χ4v) is 3.36. The Bertz CT molecular complexity index is 192. The Morgan fingerprint density at radius 1 is 0.478 bits per heavy atom. The summed E-state index contributed by atoms with van der Waals surface area (Å²) in [5.74, 6) is 0.828. The summed E-state index contributed by atoms with van der Waals surface area (Å²) in [4.78, 5) is 2.73. The van der Waals surface area contributed by atoms with Crippen molar-refractivity contribution in [3.05, 3.63) is 0 Å². The van der Waals surface area contributed by atoms with E-state index in [1.807, 2.05) is 0 Å². The predicted molar refractivity (Wildman–Crippen MR) is 108 cm³/mol. The zero-order chi connectivity index (χ0) is 17.0. The minimum atomic E-state index is 0.828. The summed E-state index contributed by atoms with van der Waals surface area (Å²) >= 11 is 5.79. The molecule has 0 amide bonds. The molecule has 0 aromatic rings. The van der Waals surface area contributed by atoms with Crippen molar-refractivity contribution >= 4 is 11.6 Å². The molecule has 0 aliphatic rings. The lowest BCUT2D eigenvalue weighted by atomic mass is 10.1. The van der Waals surface area contributed by atoms with Gasteiger partial charge in [-0.15, -0.1) is 11.6 Å². The van der Waals surface area contributed by atoms with Gasteiger partial charge < -0.3 is 4.90 Å². The third-order valence-corrected chi connectivity index (χ3v) is 5.03. The predicted octanol–water partition coefficient (Wildman–Crippen LogP) is 7.42. The van der Waals surface area contributed by atoms with Crippen LogP contribution in [-0.4, -0.2) is 30.4 Å². The van der Waals surface area contributed by atoms with Crippen molar-refractivity contribution < 1.29 is 0 Å². The highest BCUT2D eigenvalue weighted by atomic mass is 35.5. The molecule has 0 radical (unpaired) electrons. The second-order valence-electron chi connectivity index (χ2n) is 7.13. The van der Waals surface area contributed by atoms with Crippen LogP contribution in [0.5, 0.6) is 0 Å². The highest BCUT2D eigenvalue weighted by Crippen LogP contribution is 2.10. The van der Waals surface area contributed by atoms with Gasteiger partial charge in [-0.3, -0.25) is 0 Å². The molecule has 0 unspecified atom stereocenters. The summed E-state index contributed by atoms with van der Waals surface area (Å²) in [7, 11) is 0. The van der Waals surface area contributed by atoms with E-state index >= 15 is 0 Å². The smallest absolute Gasteiger partial charge is 0.0223 e. The summed E-state index contributed by atoms with van der Waals surface area (Å²) in [5.41, 5.74) is 0. The zero-order valence-corrected chi connectivity index (χ0v) is 17.0. The average molecular weight is 346 g/mol. The number of alkyl halides is 1. The molecule has 0 N–H and O–H groups in total. The number of hydrogen-bond acceptors (Lipinski definition) is 1. The first kappa shape index (κ1) is 23.2. The fourth-order valence-electron chi connectivity index (χ4n) is 3.17. The lowest BCUT2D eigenvalue weighted by molar-refractivity contribution is 0.255. The van der Waals surface area contributed by atoms with Gasteiger partial charge in [0, 0.05) is 5.88 Å². The van der Waals surface area contributed by atoms with E-state index in [0.29, 0.717) is 0 Å². The molecular weight excluding hydrogens is 302 g/mol. The molecule has 0 aliphatic heterocycles. The molecule has 0 spiro atoms. The molecule has 0 bridgehead atoms. The molecule has 23 heavy (non-hydrogen) atoms. The van der Waals surface area contributed by atoms with Gasteiger partial charge in [0.15, 0.2) is 0 Å². The minimum absolute atomic E-state index is 0.828. The standard InChI is InChI=1S/C21H44ClN/c1-3-5-7-9-11-15-19-23(21-17-13-14-18-22)20-16-12-10-8-6-4-2/h3-21H2,1-2H3. The zero-order valence-electron chi connectivity index (χ0n) is 16.3. The van der Waals surface area contributed by atoms with Gasteiger partial charge in [-0.2, -0.15) is 0 Å². The maximum atomic E-state index is 5.79. The molecule has 0 aromatic heterocycles. The molecule has 2 heteroatoms. The number of halogens is 1. The quantitative estimate of drug-likeness (QED) is 0.174. The molecule has 0 saturated heterocycles. The second kappa shape index (κ2) is 20.3. The number of rotatable bonds is 19. The van der Waals surface area contributed by atoms with E-state index in [-0.39, 0.29) is 0 Å². The van der Waals surface area contributed by atoms with Gasteiger partial charge in [0.2, 0.25) is 0 Å². The van der Waals surface area contributed by atoms with Crippen LogP contribution >= 0.6 is 11.6 Å². The van der Waals surface area contributed by atoms with Gasteiger partial charge in [-0.05, 0) is 45.3 Å². The highest BCUT2D eigenvalue weighted by Gasteiger charge is 2.04. The van der Waals surface area contributed by atoms with Gasteiger partial charge in [-0.25, -0.2) is 0 Å². The Labute approximate surface area is 152 Å². The molecule has 0 saturated carbocycles. The van der Waals surface area contributed by atoms with Gasteiger partial charge in [0.25, 0.3) is 0 Å². The van der Waals surface area contributed by atoms with Crippen molar-refractivity contribution in [2.24, 2.45) is 0 Å². The van der Waals surface area contributed by atoms with Crippen molar-refractivity contribution in [3.8, 4) is 0 Å². The van der Waals surface area contributed by atoms with E-state index in [2.05, 4.69) is 18.7 Å². The van der Waals surface area contributed by atoms with Gasteiger partial charge in [-0.1, -0.05) is 84.5 Å². The van der Waals surface area contributed by atoms with Crippen molar-refractivity contribution in [1.82, 2.24) is 4.90 Å². The molecule has 0 fully saturated rings. The SMILES string of the molecule is CCCCCCCCN(CCCCCCl)CCCCCCCC. The first-order chi connectivity index (χ1) is 11.3. The third kappa shape index (κ3) is 18.4. The van der Waals surface area contributed by atoms with Gasteiger partial charge in [0.1, 0.15) is 0 Å². The van der Waals surface area contributed by atoms with Gasteiger partial charge >= 0.3 is 0 Å². The van der Waals surface area contributed by atoms with Crippen LogP contribution in [0.3, 0.4) is 0 Å². The second-order valence-corrected chi connectivity index (χ2v) is 7.50. The maximum Gasteiger partial charge on any atom is 0.0223 e. The molecular formula is C21H44ClN. The first-order valence-corrected chi connectivity index (χ1v) is 11.2. The average Bonchev–Trinajstić information content (AvgIpc) is 2.57. The normalized spacial score (nSPS) is 11.5. The number of hydrogen-bond donors (Lipinski definition) is 0. The summed E-state index contributed by atoms with van der Waals surface area (Å²) in [6.07, 6.45) is 20.7. The van der Waals surface area contributed by atoms with Crippen molar-refractivity contribution in [2.75, 3.05) is 25.5 Å². The van der Waals surface area contributed by atoms with Crippen LogP contribution in [0.4, 0.5) is 0 Å². The van der Waals surface area contributed by atoms with Gasteiger partial charge in [0.05, 0.1) is 0 Å². The van der Waals surface area contributed by atoms with Crippen LogP contribution in [0.25, 0.3) is 0 Å². The fraction of sp³-hybridized carbons (Fsp3) is 1.00. The van der Waals surface area contributed by atoms with E-state index in [4.69, 9.17) is 11.6 Å². The third-order valence-electron chi connectivity index (χ3n) is 4.76. The Morgan fingerprint density at radius 2 is 0.826 bits per heavy atom. The van der Waals surface area contributed by atoms with E-state index < -0.39 is 0 Å². The Hall–Kier alpha value is 0.250. The monoisotopic (exact) mass is 345 g/mol. The van der Waals surface area contributed by atoms with Crippen LogP contribution in [0, 0.1) is 0 Å². The molecule has 0 aliphatic carbocycles. The summed E-state index contributed by atoms with van der Waals surface area (Å²) in [5, 5.41) is 0.